The summed E-state index contributed by atoms with van der Waals surface area (Å²) in [6.45, 7) is 25.4. The Morgan fingerprint density at radius 3 is 0.600 bits per heavy atom. The van der Waals surface area contributed by atoms with E-state index in [-0.39, 0.29) is 6.15 Å². The van der Waals surface area contributed by atoms with Gasteiger partial charge in [0, 0.05) is 100 Å². The van der Waals surface area contributed by atoms with E-state index in [1.54, 1.807) is 0 Å². The van der Waals surface area contributed by atoms with Crippen molar-refractivity contribution in [2.75, 3.05) is 0 Å². The van der Waals surface area contributed by atoms with Gasteiger partial charge in [-0.1, -0.05) is 0 Å². The average Bonchev–Trinajstić information content (AvgIpc) is 3.05. The fourth-order valence-corrected chi connectivity index (χ4v) is 15.1. The SMILES string of the molecule is Cc1c2c3cc4c1O[Si](C)(C)Oc1c(cc5c(c1C)O[Si](C)(C)Oc1c(cc6c(c1C)O[Si](C)(C)Oc1c(cc(c(c1C)O[Si](C)(C)O2)C3)C6)C5)C4.O=C=O. The summed E-state index contributed by atoms with van der Waals surface area (Å²) in [4.78, 5) is 16.2. The summed E-state index contributed by atoms with van der Waals surface area (Å²) in [5, 5.41) is 0. The molecule has 0 radical (unpaired) electrons. The summed E-state index contributed by atoms with van der Waals surface area (Å²) in [5.74, 6) is 6.91. The van der Waals surface area contributed by atoms with Gasteiger partial charge >= 0.3 is 40.4 Å². The first-order valence-electron chi connectivity index (χ1n) is 18.8. The van der Waals surface area contributed by atoms with Gasteiger partial charge in [0.2, 0.25) is 0 Å². The minimum Gasteiger partial charge on any atom is -0.511 e. The number of benzene rings is 4. The Labute approximate surface area is 327 Å². The lowest BCUT2D eigenvalue weighted by molar-refractivity contribution is -0.191. The van der Waals surface area contributed by atoms with Crippen LogP contribution < -0.4 is 35.4 Å². The Balaban J connectivity index is 0.00000138. The van der Waals surface area contributed by atoms with Gasteiger partial charge in [-0.15, -0.1) is 0 Å². The molecule has 0 spiro atoms. The van der Waals surface area contributed by atoms with Crippen LogP contribution in [-0.4, -0.2) is 40.4 Å². The molecule has 4 aromatic rings. The highest BCUT2D eigenvalue weighted by molar-refractivity contribution is 6.67. The van der Waals surface area contributed by atoms with Crippen LogP contribution in [0.4, 0.5) is 0 Å². The lowest BCUT2D eigenvalue weighted by Gasteiger charge is -2.38. The van der Waals surface area contributed by atoms with Crippen molar-refractivity contribution >= 4 is 40.4 Å². The molecule has 0 saturated heterocycles. The summed E-state index contributed by atoms with van der Waals surface area (Å²) in [5.41, 5.74) is 13.1. The fraction of sp³-hybridized carbons (Fsp3) is 0.390. The van der Waals surface area contributed by atoms with Crippen molar-refractivity contribution in [1.82, 2.24) is 0 Å². The predicted molar refractivity (Wildman–Crippen MR) is 216 cm³/mol. The molecule has 0 fully saturated rings. The molecule has 10 nitrogen and oxygen atoms in total. The van der Waals surface area contributed by atoms with E-state index in [4.69, 9.17) is 45.0 Å². The van der Waals surface area contributed by atoms with E-state index in [0.717, 1.165) is 113 Å². The molecule has 0 amide bonds. The number of carbonyl (C=O) groups excluding carboxylic acids is 2. The Bertz CT molecular complexity index is 1930. The Morgan fingerprint density at radius 1 is 0.345 bits per heavy atom. The minimum atomic E-state index is -2.77. The van der Waals surface area contributed by atoms with Crippen LogP contribution in [0.1, 0.15) is 66.8 Å². The van der Waals surface area contributed by atoms with Gasteiger partial charge in [-0.05, 0) is 96.5 Å². The van der Waals surface area contributed by atoms with Crippen molar-refractivity contribution in [3.8, 4) is 46.0 Å². The third kappa shape index (κ3) is 6.47. The maximum absolute atomic E-state index is 8.12. The van der Waals surface area contributed by atoms with Crippen LogP contribution in [0.15, 0.2) is 24.3 Å². The zero-order valence-corrected chi connectivity index (χ0v) is 37.7. The summed E-state index contributed by atoms with van der Waals surface area (Å²) in [6.07, 6.45) is 2.86. The molecule has 0 aromatic heterocycles. The van der Waals surface area contributed by atoms with Crippen LogP contribution in [0.5, 0.6) is 46.0 Å². The molecule has 55 heavy (non-hydrogen) atoms. The van der Waals surface area contributed by atoms with E-state index in [2.05, 4.69) is 104 Å². The Kier molecular flexibility index (Phi) is 8.52. The molecule has 9 rings (SSSR count). The van der Waals surface area contributed by atoms with Crippen molar-refractivity contribution in [2.24, 2.45) is 0 Å². The highest BCUT2D eigenvalue weighted by Crippen LogP contribution is 2.51. The van der Waals surface area contributed by atoms with Crippen LogP contribution in [0.25, 0.3) is 0 Å². The zero-order chi connectivity index (χ0) is 39.6. The van der Waals surface area contributed by atoms with Crippen LogP contribution in [0, 0.1) is 27.7 Å². The normalized spacial score (nSPS) is 19.0. The molecule has 0 saturated carbocycles. The quantitative estimate of drug-likeness (QED) is 0.141. The third-order valence-corrected chi connectivity index (χ3v) is 16.3. The van der Waals surface area contributed by atoms with Crippen molar-refractivity contribution in [3.05, 3.63) is 91.0 Å². The second-order valence-electron chi connectivity index (χ2n) is 17.1. The van der Waals surface area contributed by atoms with Crippen LogP contribution in [0.2, 0.25) is 52.4 Å². The summed E-state index contributed by atoms with van der Waals surface area (Å²) in [6, 6.07) is 9.29. The standard InChI is InChI=1S/C40H48O8Si4.CO2/c1-21-33-25-13-26-18-28-15-30-20-32-16-31-19-29-14-27(17-25)35(43-49(5,6)41-33)22(2)37(29)45-51(9,10)47-39(31)24(4)40(32)48-52(11,12)46-38(30)23(3)36(28)44-50(7,8)42-34(21)26;2-1-3/h13-16H,17-20H2,1-12H3;. The van der Waals surface area contributed by atoms with Crippen molar-refractivity contribution < 1.29 is 45.0 Å². The van der Waals surface area contributed by atoms with Crippen LogP contribution >= 0.6 is 0 Å². The van der Waals surface area contributed by atoms with Crippen LogP contribution in [0.3, 0.4) is 0 Å². The summed E-state index contributed by atoms with van der Waals surface area (Å²) >= 11 is 0. The van der Waals surface area contributed by atoms with E-state index in [9.17, 15) is 0 Å². The van der Waals surface area contributed by atoms with E-state index in [1.165, 1.54) is 0 Å². The first-order valence-corrected chi connectivity index (χ1v) is 30.1. The van der Waals surface area contributed by atoms with E-state index in [1.807, 2.05) is 0 Å². The minimum absolute atomic E-state index is 0.250. The molecular formula is C41H48O10Si4. The highest BCUT2D eigenvalue weighted by atomic mass is 28.4. The van der Waals surface area contributed by atoms with Crippen molar-refractivity contribution in [2.45, 2.75) is 106 Å². The molecule has 5 aliphatic rings. The summed E-state index contributed by atoms with van der Waals surface area (Å²) < 4.78 is 55.8. The van der Waals surface area contributed by atoms with Gasteiger partial charge in [-0.3, -0.25) is 0 Å². The van der Waals surface area contributed by atoms with Gasteiger partial charge in [0.15, 0.2) is 0 Å². The van der Waals surface area contributed by atoms with Gasteiger partial charge < -0.3 is 35.4 Å². The van der Waals surface area contributed by atoms with E-state index in [0.29, 0.717) is 25.7 Å². The molecule has 0 atom stereocenters. The monoisotopic (exact) mass is 812 g/mol. The Hall–Kier alpha value is -4.47. The van der Waals surface area contributed by atoms with E-state index < -0.39 is 34.2 Å². The van der Waals surface area contributed by atoms with Crippen LogP contribution in [-0.2, 0) is 35.3 Å². The van der Waals surface area contributed by atoms with Gasteiger partial charge in [-0.2, -0.15) is 9.59 Å². The van der Waals surface area contributed by atoms with Gasteiger partial charge in [0.05, 0.1) is 0 Å². The average molecular weight is 813 g/mol. The maximum Gasteiger partial charge on any atom is 0.454 e. The first-order chi connectivity index (χ1) is 25.7. The second kappa shape index (κ2) is 12.5. The first kappa shape index (κ1) is 37.5. The molecule has 0 N–H and O–H groups in total. The fourth-order valence-electron chi connectivity index (χ4n) is 8.76. The number of hydrogen-bond donors (Lipinski definition) is 0. The Morgan fingerprint density at radius 2 is 0.473 bits per heavy atom. The van der Waals surface area contributed by atoms with Gasteiger partial charge in [-0.25, -0.2) is 0 Å². The van der Waals surface area contributed by atoms with Crippen molar-refractivity contribution in [3.63, 3.8) is 0 Å². The lowest BCUT2D eigenvalue weighted by atomic mass is 9.88. The predicted octanol–water partition coefficient (Wildman–Crippen LogP) is 8.91. The number of hydrogen-bond acceptors (Lipinski definition) is 10. The smallest absolute Gasteiger partial charge is 0.454 e. The molecule has 14 heteroatoms. The number of rotatable bonds is 0. The molecule has 1 aliphatic carbocycles. The molecule has 4 heterocycles. The van der Waals surface area contributed by atoms with Gasteiger partial charge in [0.1, 0.15) is 46.0 Å². The molecule has 4 aromatic carbocycles. The maximum atomic E-state index is 8.12. The van der Waals surface area contributed by atoms with E-state index >= 15 is 0 Å². The lowest BCUT2D eigenvalue weighted by Crippen LogP contribution is -2.46. The topological polar surface area (TPSA) is 108 Å². The largest absolute Gasteiger partial charge is 0.511 e. The molecule has 288 valence electrons. The van der Waals surface area contributed by atoms with Crippen molar-refractivity contribution in [1.29, 1.82) is 0 Å². The third-order valence-electron chi connectivity index (χ3n) is 10.8. The zero-order valence-electron chi connectivity index (χ0n) is 33.7. The molecule has 8 bridgehead atoms. The summed E-state index contributed by atoms with van der Waals surface area (Å²) in [7, 11) is -11.1. The molecule has 4 aliphatic heterocycles. The molecular weight excluding hydrogens is 765 g/mol. The highest BCUT2D eigenvalue weighted by Gasteiger charge is 2.43. The second-order valence-corrected chi connectivity index (χ2v) is 30.0. The van der Waals surface area contributed by atoms with Gasteiger partial charge in [0.25, 0.3) is 0 Å². The molecule has 0 unspecified atom stereocenters.